The Bertz CT molecular complexity index is 781. The number of para-hydroxylation sites is 1. The SMILES string of the molecule is Cc1ccsc1CNc1cccc(S(C)(=O)=O)c1[N+](=O)[O-]. The van der Waals surface area contributed by atoms with Gasteiger partial charge in [-0.1, -0.05) is 6.07 Å². The van der Waals surface area contributed by atoms with Crippen molar-refractivity contribution in [2.75, 3.05) is 11.6 Å². The lowest BCUT2D eigenvalue weighted by atomic mass is 10.2. The van der Waals surface area contributed by atoms with Crippen LogP contribution in [0.4, 0.5) is 11.4 Å². The summed E-state index contributed by atoms with van der Waals surface area (Å²) in [7, 11) is -3.66. The molecule has 0 saturated heterocycles. The van der Waals surface area contributed by atoms with Gasteiger partial charge in [-0.15, -0.1) is 11.3 Å². The number of sulfone groups is 1. The van der Waals surface area contributed by atoms with Crippen LogP contribution >= 0.6 is 11.3 Å². The molecular formula is C13H14N2O4S2. The first kappa shape index (κ1) is 15.5. The number of nitro benzene ring substituents is 1. The van der Waals surface area contributed by atoms with Crippen molar-refractivity contribution in [3.05, 3.63) is 50.2 Å². The molecule has 8 heteroatoms. The monoisotopic (exact) mass is 326 g/mol. The van der Waals surface area contributed by atoms with Crippen LogP contribution in [-0.2, 0) is 16.4 Å². The zero-order chi connectivity index (χ0) is 15.6. The molecule has 0 unspecified atom stereocenters. The zero-order valence-electron chi connectivity index (χ0n) is 11.5. The number of thiophene rings is 1. The molecule has 6 nitrogen and oxygen atoms in total. The van der Waals surface area contributed by atoms with E-state index in [-0.39, 0.29) is 10.6 Å². The van der Waals surface area contributed by atoms with Gasteiger partial charge in [0.15, 0.2) is 9.84 Å². The summed E-state index contributed by atoms with van der Waals surface area (Å²) in [4.78, 5) is 11.3. The molecule has 0 aliphatic rings. The van der Waals surface area contributed by atoms with Gasteiger partial charge in [-0.25, -0.2) is 8.42 Å². The van der Waals surface area contributed by atoms with E-state index in [0.717, 1.165) is 16.7 Å². The third-order valence-corrected chi connectivity index (χ3v) is 5.14. The lowest BCUT2D eigenvalue weighted by molar-refractivity contribution is -0.386. The molecule has 0 radical (unpaired) electrons. The molecule has 0 spiro atoms. The maximum atomic E-state index is 11.7. The lowest BCUT2D eigenvalue weighted by Crippen LogP contribution is -2.07. The molecule has 0 aliphatic carbocycles. The highest BCUT2D eigenvalue weighted by molar-refractivity contribution is 7.90. The second-order valence-corrected chi connectivity index (χ2v) is 7.55. The van der Waals surface area contributed by atoms with E-state index in [9.17, 15) is 18.5 Å². The summed E-state index contributed by atoms with van der Waals surface area (Å²) in [5, 5.41) is 16.1. The number of nitrogens with one attached hydrogen (secondary N) is 1. The molecule has 1 aromatic carbocycles. The second-order valence-electron chi connectivity index (χ2n) is 4.56. The molecule has 0 bridgehead atoms. The number of anilines is 1. The Morgan fingerprint density at radius 3 is 2.57 bits per heavy atom. The normalized spacial score (nSPS) is 11.3. The van der Waals surface area contributed by atoms with Gasteiger partial charge in [0, 0.05) is 17.7 Å². The van der Waals surface area contributed by atoms with E-state index < -0.39 is 20.4 Å². The Labute approximate surface area is 126 Å². The van der Waals surface area contributed by atoms with Gasteiger partial charge < -0.3 is 5.32 Å². The van der Waals surface area contributed by atoms with E-state index in [1.165, 1.54) is 18.2 Å². The summed E-state index contributed by atoms with van der Waals surface area (Å²) >= 11 is 1.54. The molecule has 1 N–H and O–H groups in total. The average Bonchev–Trinajstić information content (AvgIpc) is 2.80. The molecule has 0 saturated carbocycles. The van der Waals surface area contributed by atoms with E-state index in [1.54, 1.807) is 11.3 Å². The third-order valence-electron chi connectivity index (χ3n) is 2.99. The van der Waals surface area contributed by atoms with Crippen molar-refractivity contribution in [2.45, 2.75) is 18.4 Å². The highest BCUT2D eigenvalue weighted by atomic mass is 32.2. The third kappa shape index (κ3) is 3.40. The van der Waals surface area contributed by atoms with Gasteiger partial charge in [-0.2, -0.15) is 0 Å². The Hall–Kier alpha value is -1.93. The first-order valence-electron chi connectivity index (χ1n) is 6.05. The van der Waals surface area contributed by atoms with E-state index in [0.29, 0.717) is 6.54 Å². The molecule has 21 heavy (non-hydrogen) atoms. The van der Waals surface area contributed by atoms with Crippen LogP contribution in [0.3, 0.4) is 0 Å². The van der Waals surface area contributed by atoms with Gasteiger partial charge in [0.1, 0.15) is 10.6 Å². The fraction of sp³-hybridized carbons (Fsp3) is 0.231. The highest BCUT2D eigenvalue weighted by Gasteiger charge is 2.25. The Morgan fingerprint density at radius 2 is 2.05 bits per heavy atom. The van der Waals surface area contributed by atoms with Gasteiger partial charge in [0.25, 0.3) is 0 Å². The number of nitrogens with zero attached hydrogens (tertiary/aromatic N) is 1. The number of rotatable bonds is 5. The van der Waals surface area contributed by atoms with Crippen molar-refractivity contribution >= 4 is 32.5 Å². The van der Waals surface area contributed by atoms with Crippen LogP contribution in [0.5, 0.6) is 0 Å². The number of aryl methyl sites for hydroxylation is 1. The summed E-state index contributed by atoms with van der Waals surface area (Å²) in [6, 6.07) is 6.21. The van der Waals surface area contributed by atoms with E-state index in [4.69, 9.17) is 0 Å². The van der Waals surface area contributed by atoms with Gasteiger partial charge >= 0.3 is 5.69 Å². The largest absolute Gasteiger partial charge is 0.375 e. The van der Waals surface area contributed by atoms with Crippen molar-refractivity contribution in [3.8, 4) is 0 Å². The standard InChI is InChI=1S/C13H14N2O4S2/c1-9-6-7-20-11(9)8-14-10-4-3-5-12(21(2,18)19)13(10)15(16)17/h3-7,14H,8H2,1-2H3. The van der Waals surface area contributed by atoms with Gasteiger partial charge in [-0.3, -0.25) is 10.1 Å². The van der Waals surface area contributed by atoms with Crippen LogP contribution in [0.15, 0.2) is 34.5 Å². The predicted molar refractivity (Wildman–Crippen MR) is 82.6 cm³/mol. The van der Waals surface area contributed by atoms with Crippen molar-refractivity contribution < 1.29 is 13.3 Å². The summed E-state index contributed by atoms with van der Waals surface area (Å²) in [5.41, 5.74) is 0.888. The summed E-state index contributed by atoms with van der Waals surface area (Å²) in [6.45, 7) is 2.37. The average molecular weight is 326 g/mol. The predicted octanol–water partition coefficient (Wildman–Crippen LogP) is 2.98. The topological polar surface area (TPSA) is 89.3 Å². The molecule has 0 aliphatic heterocycles. The van der Waals surface area contributed by atoms with Crippen LogP contribution in [0.2, 0.25) is 0 Å². The van der Waals surface area contributed by atoms with Crippen molar-refractivity contribution in [1.82, 2.24) is 0 Å². The van der Waals surface area contributed by atoms with Gasteiger partial charge in [-0.05, 0) is 36.1 Å². The van der Waals surface area contributed by atoms with E-state index in [1.807, 2.05) is 18.4 Å². The van der Waals surface area contributed by atoms with Crippen LogP contribution in [0, 0.1) is 17.0 Å². The number of hydrogen-bond acceptors (Lipinski definition) is 6. The van der Waals surface area contributed by atoms with Crippen LogP contribution in [-0.4, -0.2) is 19.6 Å². The van der Waals surface area contributed by atoms with E-state index in [2.05, 4.69) is 5.32 Å². The van der Waals surface area contributed by atoms with Crippen molar-refractivity contribution in [3.63, 3.8) is 0 Å². The Morgan fingerprint density at radius 1 is 1.33 bits per heavy atom. The quantitative estimate of drug-likeness (QED) is 0.674. The molecule has 0 amide bonds. The number of benzene rings is 1. The smallest absolute Gasteiger partial charge is 0.310 e. The molecule has 1 heterocycles. The summed E-state index contributed by atoms with van der Waals surface area (Å²) in [6.07, 6.45) is 0.961. The van der Waals surface area contributed by atoms with Crippen LogP contribution in [0.1, 0.15) is 10.4 Å². The maximum absolute atomic E-state index is 11.7. The molecule has 0 fully saturated rings. The maximum Gasteiger partial charge on any atom is 0.310 e. The Balaban J connectivity index is 2.40. The number of nitro groups is 1. The minimum atomic E-state index is -3.66. The molecular weight excluding hydrogens is 312 g/mol. The molecule has 2 aromatic rings. The molecule has 1 aromatic heterocycles. The molecule has 0 atom stereocenters. The lowest BCUT2D eigenvalue weighted by Gasteiger charge is -2.09. The summed E-state index contributed by atoms with van der Waals surface area (Å²) in [5.74, 6) is 0. The zero-order valence-corrected chi connectivity index (χ0v) is 13.1. The fourth-order valence-electron chi connectivity index (χ4n) is 1.91. The fourth-order valence-corrected chi connectivity index (χ4v) is 3.62. The van der Waals surface area contributed by atoms with Crippen molar-refractivity contribution in [1.29, 1.82) is 0 Å². The van der Waals surface area contributed by atoms with Gasteiger partial charge in [0.05, 0.1) is 4.92 Å². The minimum absolute atomic E-state index is 0.204. The van der Waals surface area contributed by atoms with Crippen LogP contribution in [0.25, 0.3) is 0 Å². The molecule has 2 rings (SSSR count). The second kappa shape index (κ2) is 5.82. The first-order chi connectivity index (χ1) is 9.80. The highest BCUT2D eigenvalue weighted by Crippen LogP contribution is 2.32. The first-order valence-corrected chi connectivity index (χ1v) is 8.82. The van der Waals surface area contributed by atoms with Crippen molar-refractivity contribution in [2.24, 2.45) is 0 Å². The molecule has 112 valence electrons. The minimum Gasteiger partial charge on any atom is -0.375 e. The Kier molecular flexibility index (Phi) is 4.29. The van der Waals surface area contributed by atoms with Crippen LogP contribution < -0.4 is 5.32 Å². The van der Waals surface area contributed by atoms with Gasteiger partial charge in [0.2, 0.25) is 0 Å². The summed E-state index contributed by atoms with van der Waals surface area (Å²) < 4.78 is 23.3. The van der Waals surface area contributed by atoms with E-state index >= 15 is 0 Å². The number of hydrogen-bond donors (Lipinski definition) is 1.